The van der Waals surface area contributed by atoms with E-state index in [9.17, 15) is 18.0 Å². The quantitative estimate of drug-likeness (QED) is 0.452. The second-order valence-electron chi connectivity index (χ2n) is 8.26. The number of nitrogens with one attached hydrogen (secondary N) is 1. The molecule has 0 saturated carbocycles. The Balaban J connectivity index is 2.01. The maximum atomic E-state index is 13.7. The molecular weight excluding hydrogens is 478 g/mol. The van der Waals surface area contributed by atoms with Gasteiger partial charge in [0.25, 0.3) is 10.0 Å². The molecule has 0 saturated heterocycles. The highest BCUT2D eigenvalue weighted by Gasteiger charge is 2.32. The molecule has 9 heteroatoms. The molecule has 8 nitrogen and oxygen atoms in total. The van der Waals surface area contributed by atoms with E-state index in [1.807, 2.05) is 31.2 Å². The van der Waals surface area contributed by atoms with Gasteiger partial charge >= 0.3 is 0 Å². The van der Waals surface area contributed by atoms with Crippen molar-refractivity contribution in [2.24, 2.45) is 0 Å². The van der Waals surface area contributed by atoms with E-state index in [1.165, 1.54) is 31.2 Å². The molecule has 36 heavy (non-hydrogen) atoms. The van der Waals surface area contributed by atoms with Gasteiger partial charge < -0.3 is 15.0 Å². The Morgan fingerprint density at radius 3 is 2.14 bits per heavy atom. The summed E-state index contributed by atoms with van der Waals surface area (Å²) in [6, 6.07) is 21.2. The Kier molecular flexibility index (Phi) is 8.71. The van der Waals surface area contributed by atoms with Crippen molar-refractivity contribution in [3.63, 3.8) is 0 Å². The highest BCUT2D eigenvalue weighted by Crippen LogP contribution is 2.26. The van der Waals surface area contributed by atoms with Crippen LogP contribution in [0.5, 0.6) is 5.75 Å². The largest absolute Gasteiger partial charge is 0.497 e. The van der Waals surface area contributed by atoms with Crippen molar-refractivity contribution in [2.45, 2.75) is 31.3 Å². The number of carbonyl (C=O) groups is 2. The van der Waals surface area contributed by atoms with E-state index in [2.05, 4.69) is 5.32 Å². The van der Waals surface area contributed by atoms with Crippen molar-refractivity contribution in [1.82, 2.24) is 10.2 Å². The maximum Gasteiger partial charge on any atom is 0.264 e. The highest BCUT2D eigenvalue weighted by atomic mass is 32.2. The van der Waals surface area contributed by atoms with Gasteiger partial charge in [0, 0.05) is 13.6 Å². The zero-order chi connectivity index (χ0) is 26.3. The maximum absolute atomic E-state index is 13.7. The molecule has 0 aliphatic rings. The van der Waals surface area contributed by atoms with Crippen LogP contribution >= 0.6 is 0 Å². The predicted octanol–water partition coefficient (Wildman–Crippen LogP) is 3.36. The average Bonchev–Trinajstić information content (AvgIpc) is 2.90. The lowest BCUT2D eigenvalue weighted by Crippen LogP contribution is -2.50. The normalized spacial score (nSPS) is 11.9. The number of hydrogen-bond acceptors (Lipinski definition) is 5. The van der Waals surface area contributed by atoms with Crippen LogP contribution < -0.4 is 14.4 Å². The third kappa shape index (κ3) is 6.04. The van der Waals surface area contributed by atoms with E-state index in [-0.39, 0.29) is 17.3 Å². The van der Waals surface area contributed by atoms with Crippen LogP contribution in [0.2, 0.25) is 0 Å². The molecule has 3 aromatic rings. The van der Waals surface area contributed by atoms with Gasteiger partial charge in [-0.15, -0.1) is 0 Å². The summed E-state index contributed by atoms with van der Waals surface area (Å²) in [4.78, 5) is 27.6. The molecule has 3 rings (SSSR count). The van der Waals surface area contributed by atoms with E-state index in [1.54, 1.807) is 49.4 Å². The zero-order valence-electron chi connectivity index (χ0n) is 20.8. The van der Waals surface area contributed by atoms with Gasteiger partial charge in [0.15, 0.2) is 0 Å². The third-order valence-electron chi connectivity index (χ3n) is 5.99. The number of hydrogen-bond donors (Lipinski definition) is 1. The number of sulfonamides is 1. The molecule has 0 aliphatic carbocycles. The summed E-state index contributed by atoms with van der Waals surface area (Å²) in [6.45, 7) is 3.23. The van der Waals surface area contributed by atoms with Crippen LogP contribution in [0.3, 0.4) is 0 Å². The minimum Gasteiger partial charge on any atom is -0.497 e. The van der Waals surface area contributed by atoms with Gasteiger partial charge in [-0.05, 0) is 61.4 Å². The molecule has 0 bridgehead atoms. The van der Waals surface area contributed by atoms with Gasteiger partial charge in [0.1, 0.15) is 18.3 Å². The number of benzene rings is 3. The molecule has 0 spiro atoms. The number of amides is 2. The fraction of sp³-hybridized carbons (Fsp3) is 0.259. The predicted molar refractivity (Wildman–Crippen MR) is 139 cm³/mol. The summed E-state index contributed by atoms with van der Waals surface area (Å²) >= 11 is 0. The average molecular weight is 510 g/mol. The number of carbonyl (C=O) groups excluding carboxylic acids is 2. The number of aryl methyl sites for hydroxylation is 1. The molecule has 0 aliphatic heterocycles. The monoisotopic (exact) mass is 509 g/mol. The van der Waals surface area contributed by atoms with Crippen LogP contribution in [-0.4, -0.2) is 51.9 Å². The van der Waals surface area contributed by atoms with Crippen LogP contribution in [0, 0.1) is 6.92 Å². The molecule has 0 fully saturated rings. The van der Waals surface area contributed by atoms with E-state index in [4.69, 9.17) is 4.74 Å². The minimum atomic E-state index is -4.11. The Labute approximate surface area is 212 Å². The molecule has 190 valence electrons. The number of rotatable bonds is 10. The molecule has 1 atom stereocenters. The van der Waals surface area contributed by atoms with Gasteiger partial charge in [-0.25, -0.2) is 8.42 Å². The topological polar surface area (TPSA) is 96.0 Å². The summed E-state index contributed by atoms with van der Waals surface area (Å²) in [5.41, 5.74) is 2.17. The fourth-order valence-electron chi connectivity index (χ4n) is 3.76. The molecule has 1 N–H and O–H groups in total. The van der Waals surface area contributed by atoms with Crippen LogP contribution in [0.25, 0.3) is 0 Å². The number of methoxy groups -OCH3 is 1. The van der Waals surface area contributed by atoms with Gasteiger partial charge in [0.2, 0.25) is 11.8 Å². The molecule has 0 heterocycles. The molecule has 3 aromatic carbocycles. The highest BCUT2D eigenvalue weighted by molar-refractivity contribution is 7.92. The van der Waals surface area contributed by atoms with Crippen LogP contribution in [0.4, 0.5) is 5.69 Å². The van der Waals surface area contributed by atoms with Crippen molar-refractivity contribution in [2.75, 3.05) is 25.0 Å². The standard InChI is InChI=1S/C27H31N3O5S/c1-20-10-8-9-11-22(20)18-29(21(2)27(32)28-3)26(31)19-30(23-12-6-5-7-13-23)36(33,34)25-16-14-24(35-4)15-17-25/h5-17,21H,18-19H2,1-4H3,(H,28,32). The summed E-state index contributed by atoms with van der Waals surface area (Å²) in [5, 5.41) is 2.58. The molecule has 2 amide bonds. The number of ether oxygens (including phenoxy) is 1. The number of nitrogens with zero attached hydrogens (tertiary/aromatic N) is 2. The van der Waals surface area contributed by atoms with Crippen molar-refractivity contribution in [1.29, 1.82) is 0 Å². The Bertz CT molecular complexity index is 1290. The smallest absolute Gasteiger partial charge is 0.264 e. The first-order valence-electron chi connectivity index (χ1n) is 11.5. The van der Waals surface area contributed by atoms with Crippen molar-refractivity contribution in [3.05, 3.63) is 90.0 Å². The van der Waals surface area contributed by atoms with E-state index >= 15 is 0 Å². The van der Waals surface area contributed by atoms with Gasteiger partial charge in [-0.2, -0.15) is 0 Å². The summed E-state index contributed by atoms with van der Waals surface area (Å²) in [5.74, 6) is -0.336. The Morgan fingerprint density at radius 1 is 0.944 bits per heavy atom. The lowest BCUT2D eigenvalue weighted by molar-refractivity contribution is -0.139. The first-order chi connectivity index (χ1) is 17.2. The number of likely N-dealkylation sites (N-methyl/N-ethyl adjacent to an activating group) is 1. The van der Waals surface area contributed by atoms with Gasteiger partial charge in [-0.1, -0.05) is 42.5 Å². The Morgan fingerprint density at radius 2 is 1.56 bits per heavy atom. The summed E-state index contributed by atoms with van der Waals surface area (Å²) < 4.78 is 33.6. The molecular formula is C27H31N3O5S. The molecule has 0 aromatic heterocycles. The second-order valence-corrected chi connectivity index (χ2v) is 10.1. The number of para-hydroxylation sites is 1. The van der Waals surface area contributed by atoms with Crippen LogP contribution in [-0.2, 0) is 26.2 Å². The summed E-state index contributed by atoms with van der Waals surface area (Å²) in [6.07, 6.45) is 0. The van der Waals surface area contributed by atoms with Crippen LogP contribution in [0.15, 0.2) is 83.8 Å². The molecule has 1 unspecified atom stereocenters. The number of anilines is 1. The SMILES string of the molecule is CNC(=O)C(C)N(Cc1ccccc1C)C(=O)CN(c1ccccc1)S(=O)(=O)c1ccc(OC)cc1. The van der Waals surface area contributed by atoms with E-state index < -0.39 is 28.5 Å². The first-order valence-corrected chi connectivity index (χ1v) is 12.9. The van der Waals surface area contributed by atoms with E-state index in [0.717, 1.165) is 15.4 Å². The van der Waals surface area contributed by atoms with Gasteiger partial charge in [-0.3, -0.25) is 13.9 Å². The Hall–Kier alpha value is -3.85. The molecule has 0 radical (unpaired) electrons. The zero-order valence-corrected chi connectivity index (χ0v) is 21.7. The van der Waals surface area contributed by atoms with Crippen molar-refractivity contribution >= 4 is 27.5 Å². The first kappa shape index (κ1) is 26.7. The third-order valence-corrected chi connectivity index (χ3v) is 7.77. The fourth-order valence-corrected chi connectivity index (χ4v) is 5.17. The lowest BCUT2D eigenvalue weighted by atomic mass is 10.1. The second kappa shape index (κ2) is 11.7. The van der Waals surface area contributed by atoms with Crippen molar-refractivity contribution < 1.29 is 22.7 Å². The minimum absolute atomic E-state index is 0.0183. The van der Waals surface area contributed by atoms with Crippen LogP contribution in [0.1, 0.15) is 18.1 Å². The lowest BCUT2D eigenvalue weighted by Gasteiger charge is -2.32. The van der Waals surface area contributed by atoms with E-state index in [0.29, 0.717) is 11.4 Å². The van der Waals surface area contributed by atoms with Crippen molar-refractivity contribution in [3.8, 4) is 5.75 Å². The summed E-state index contributed by atoms with van der Waals surface area (Å²) in [7, 11) is -1.12. The van der Waals surface area contributed by atoms with Gasteiger partial charge in [0.05, 0.1) is 17.7 Å².